The number of nitrogen functional groups attached to an aromatic ring is 1. The Morgan fingerprint density at radius 3 is 3.13 bits per heavy atom. The highest BCUT2D eigenvalue weighted by Gasteiger charge is 2.24. The molecule has 1 atom stereocenters. The van der Waals surface area contributed by atoms with Crippen LogP contribution in [0.1, 0.15) is 25.3 Å². The Bertz CT molecular complexity index is 387. The molecular formula is C12H15NO2. The van der Waals surface area contributed by atoms with Gasteiger partial charge in [-0.05, 0) is 36.6 Å². The minimum atomic E-state index is -0.258. The number of hydrogen-bond acceptors (Lipinski definition) is 3. The number of Topliss-reactive ketones (excluding diaryl/α,β-unsaturated/α-hetero) is 1. The molecule has 0 aromatic heterocycles. The summed E-state index contributed by atoms with van der Waals surface area (Å²) in [6.07, 6.45) is 1.92. The number of nitrogens with two attached hydrogens (primary N) is 1. The predicted molar refractivity (Wildman–Crippen MR) is 58.9 cm³/mol. The van der Waals surface area contributed by atoms with Gasteiger partial charge in [0.2, 0.25) is 0 Å². The highest BCUT2D eigenvalue weighted by Crippen LogP contribution is 2.29. The Morgan fingerprint density at radius 2 is 2.40 bits per heavy atom. The molecular weight excluding hydrogens is 190 g/mol. The third-order valence-corrected chi connectivity index (χ3v) is 2.74. The van der Waals surface area contributed by atoms with Crippen LogP contribution in [-0.4, -0.2) is 11.9 Å². The molecule has 1 aromatic rings. The van der Waals surface area contributed by atoms with Gasteiger partial charge in [-0.2, -0.15) is 0 Å². The number of fused-ring (bicyclic) bond motifs is 1. The molecule has 1 heterocycles. The molecule has 0 radical (unpaired) electrons. The van der Waals surface area contributed by atoms with Gasteiger partial charge in [0.25, 0.3) is 0 Å². The molecule has 3 heteroatoms. The number of ketones is 1. The van der Waals surface area contributed by atoms with Gasteiger partial charge in [0.15, 0.2) is 11.9 Å². The van der Waals surface area contributed by atoms with Crippen LogP contribution in [0.2, 0.25) is 0 Å². The van der Waals surface area contributed by atoms with Crippen LogP contribution in [0.5, 0.6) is 5.75 Å². The Balaban J connectivity index is 2.20. The fraction of sp³-hybridized carbons (Fsp3) is 0.417. The van der Waals surface area contributed by atoms with E-state index < -0.39 is 0 Å². The molecule has 0 saturated heterocycles. The van der Waals surface area contributed by atoms with Crippen molar-refractivity contribution in [1.82, 2.24) is 0 Å². The first-order valence-electron chi connectivity index (χ1n) is 5.28. The zero-order chi connectivity index (χ0) is 10.8. The van der Waals surface area contributed by atoms with Crippen molar-refractivity contribution in [3.8, 4) is 5.75 Å². The molecule has 0 fully saturated rings. The van der Waals surface area contributed by atoms with Gasteiger partial charge in [0.1, 0.15) is 5.75 Å². The summed E-state index contributed by atoms with van der Waals surface area (Å²) in [5.41, 5.74) is 7.53. The lowest BCUT2D eigenvalue weighted by Crippen LogP contribution is -2.30. The second kappa shape index (κ2) is 3.93. The number of carbonyl (C=O) groups excluding carboxylic acids is 1. The van der Waals surface area contributed by atoms with Gasteiger partial charge < -0.3 is 10.5 Å². The van der Waals surface area contributed by atoms with Crippen molar-refractivity contribution in [3.05, 3.63) is 23.8 Å². The van der Waals surface area contributed by atoms with Gasteiger partial charge in [-0.1, -0.05) is 6.92 Å². The van der Waals surface area contributed by atoms with E-state index in [1.54, 1.807) is 6.07 Å². The average Bonchev–Trinajstić information content (AvgIpc) is 2.27. The monoisotopic (exact) mass is 205 g/mol. The number of benzene rings is 1. The van der Waals surface area contributed by atoms with E-state index in [4.69, 9.17) is 10.5 Å². The third kappa shape index (κ3) is 1.96. The first kappa shape index (κ1) is 10.0. The van der Waals surface area contributed by atoms with Crippen LogP contribution >= 0.6 is 0 Å². The van der Waals surface area contributed by atoms with Crippen LogP contribution in [0.25, 0.3) is 0 Å². The van der Waals surface area contributed by atoms with E-state index >= 15 is 0 Å². The molecule has 1 unspecified atom stereocenters. The highest BCUT2D eigenvalue weighted by molar-refractivity contribution is 5.83. The van der Waals surface area contributed by atoms with Crippen molar-refractivity contribution >= 4 is 11.5 Å². The van der Waals surface area contributed by atoms with Crippen LogP contribution in [0, 0.1) is 0 Å². The number of carbonyl (C=O) groups is 1. The zero-order valence-corrected chi connectivity index (χ0v) is 8.82. The number of aryl methyl sites for hydroxylation is 1. The molecule has 0 spiro atoms. The van der Waals surface area contributed by atoms with Gasteiger partial charge in [-0.25, -0.2) is 0 Å². The van der Waals surface area contributed by atoms with Crippen molar-refractivity contribution in [3.63, 3.8) is 0 Å². The molecule has 3 nitrogen and oxygen atoms in total. The predicted octanol–water partition coefficient (Wildman–Crippen LogP) is 1.94. The van der Waals surface area contributed by atoms with Gasteiger partial charge >= 0.3 is 0 Å². The number of anilines is 1. The van der Waals surface area contributed by atoms with E-state index in [0.29, 0.717) is 6.42 Å². The molecule has 0 bridgehead atoms. The van der Waals surface area contributed by atoms with Crippen LogP contribution < -0.4 is 10.5 Å². The van der Waals surface area contributed by atoms with E-state index in [-0.39, 0.29) is 11.9 Å². The van der Waals surface area contributed by atoms with Crippen molar-refractivity contribution < 1.29 is 9.53 Å². The van der Waals surface area contributed by atoms with Crippen molar-refractivity contribution in [2.75, 3.05) is 5.73 Å². The molecule has 2 N–H and O–H groups in total. The van der Waals surface area contributed by atoms with E-state index in [1.807, 2.05) is 19.1 Å². The van der Waals surface area contributed by atoms with Crippen LogP contribution in [-0.2, 0) is 11.2 Å². The van der Waals surface area contributed by atoms with Crippen LogP contribution in [0.3, 0.4) is 0 Å². The normalized spacial score (nSPS) is 19.1. The number of ether oxygens (including phenoxy) is 1. The van der Waals surface area contributed by atoms with Gasteiger partial charge in [-0.3, -0.25) is 4.79 Å². The Labute approximate surface area is 89.2 Å². The van der Waals surface area contributed by atoms with Crippen molar-refractivity contribution in [1.29, 1.82) is 0 Å². The Kier molecular flexibility index (Phi) is 2.62. The van der Waals surface area contributed by atoms with Gasteiger partial charge in [0.05, 0.1) is 0 Å². The SMILES string of the molecule is CCC(=O)C1CCc2cc(N)ccc2O1. The summed E-state index contributed by atoms with van der Waals surface area (Å²) >= 11 is 0. The molecule has 0 aliphatic carbocycles. The maximum Gasteiger partial charge on any atom is 0.173 e. The van der Waals surface area contributed by atoms with Crippen molar-refractivity contribution in [2.45, 2.75) is 32.3 Å². The Hall–Kier alpha value is -1.51. The number of rotatable bonds is 2. The quantitative estimate of drug-likeness (QED) is 0.751. The van der Waals surface area contributed by atoms with E-state index in [0.717, 1.165) is 29.8 Å². The summed E-state index contributed by atoms with van der Waals surface area (Å²) in [6.45, 7) is 1.87. The van der Waals surface area contributed by atoms with Gasteiger partial charge in [-0.15, -0.1) is 0 Å². The lowest BCUT2D eigenvalue weighted by atomic mass is 9.98. The lowest BCUT2D eigenvalue weighted by molar-refractivity contribution is -0.126. The smallest absolute Gasteiger partial charge is 0.173 e. The third-order valence-electron chi connectivity index (χ3n) is 2.74. The highest BCUT2D eigenvalue weighted by atomic mass is 16.5. The summed E-state index contributed by atoms with van der Waals surface area (Å²) < 4.78 is 5.63. The Morgan fingerprint density at radius 1 is 1.60 bits per heavy atom. The van der Waals surface area contributed by atoms with Crippen LogP contribution in [0.4, 0.5) is 5.69 Å². The summed E-state index contributed by atoms with van der Waals surface area (Å²) in [4.78, 5) is 11.5. The molecule has 1 aliphatic rings. The average molecular weight is 205 g/mol. The molecule has 2 rings (SSSR count). The fourth-order valence-electron chi connectivity index (χ4n) is 1.86. The largest absolute Gasteiger partial charge is 0.482 e. The van der Waals surface area contributed by atoms with E-state index in [9.17, 15) is 4.79 Å². The summed E-state index contributed by atoms with van der Waals surface area (Å²) in [5.74, 6) is 0.986. The minimum absolute atomic E-state index is 0.178. The maximum absolute atomic E-state index is 11.5. The topological polar surface area (TPSA) is 52.3 Å². The number of hydrogen-bond donors (Lipinski definition) is 1. The molecule has 15 heavy (non-hydrogen) atoms. The standard InChI is InChI=1S/C12H15NO2/c1-2-10(14)12-5-3-8-7-9(13)4-6-11(8)15-12/h4,6-7,12H,2-3,5,13H2,1H3. The second-order valence-electron chi connectivity index (χ2n) is 3.83. The summed E-state index contributed by atoms with van der Waals surface area (Å²) in [5, 5.41) is 0. The lowest BCUT2D eigenvalue weighted by Gasteiger charge is -2.24. The van der Waals surface area contributed by atoms with E-state index in [2.05, 4.69) is 0 Å². The maximum atomic E-state index is 11.5. The van der Waals surface area contributed by atoms with Crippen LogP contribution in [0.15, 0.2) is 18.2 Å². The van der Waals surface area contributed by atoms with Crippen molar-refractivity contribution in [2.24, 2.45) is 0 Å². The minimum Gasteiger partial charge on any atom is -0.482 e. The molecule has 1 aromatic carbocycles. The molecule has 1 aliphatic heterocycles. The summed E-state index contributed by atoms with van der Waals surface area (Å²) in [7, 11) is 0. The fourth-order valence-corrected chi connectivity index (χ4v) is 1.86. The van der Waals surface area contributed by atoms with E-state index in [1.165, 1.54) is 0 Å². The first-order valence-corrected chi connectivity index (χ1v) is 5.28. The zero-order valence-electron chi connectivity index (χ0n) is 8.82. The van der Waals surface area contributed by atoms with Gasteiger partial charge in [0, 0.05) is 12.1 Å². The molecule has 0 amide bonds. The molecule has 0 saturated carbocycles. The summed E-state index contributed by atoms with van der Waals surface area (Å²) in [6, 6.07) is 5.57. The first-order chi connectivity index (χ1) is 7.20. The molecule has 80 valence electrons. The second-order valence-corrected chi connectivity index (χ2v) is 3.83.